The number of hydrogen-bond acceptors (Lipinski definition) is 16. The number of carboxylic acid groups (broad SMARTS) is 1. The number of nitro benzene ring substituents is 1. The molecule has 3 N–H and O–H groups in total. The predicted octanol–water partition coefficient (Wildman–Crippen LogP) is 2.12. The quantitative estimate of drug-likeness (QED) is 0.0896. The van der Waals surface area contributed by atoms with Gasteiger partial charge in [0.2, 0.25) is 18.3 Å². The normalized spacial score (nSPS) is 19.9. The van der Waals surface area contributed by atoms with Gasteiger partial charge in [0.25, 0.3) is 0 Å². The molecule has 1 fully saturated rings. The van der Waals surface area contributed by atoms with Crippen molar-refractivity contribution in [1.82, 2.24) is 10.6 Å². The van der Waals surface area contributed by atoms with E-state index in [1.807, 2.05) is 0 Å². The van der Waals surface area contributed by atoms with Crippen molar-refractivity contribution in [1.29, 1.82) is 0 Å². The first-order valence-electron chi connectivity index (χ1n) is 17.1. The molecule has 0 spiro atoms. The Balaban J connectivity index is 1.86. The average Bonchev–Trinajstić information content (AvgIpc) is 3.12. The highest BCUT2D eigenvalue weighted by atomic mass is 16.7. The Labute approximate surface area is 320 Å². The zero-order chi connectivity index (χ0) is 41.7. The highest BCUT2D eigenvalue weighted by Gasteiger charge is 2.56. The number of nitrogens with one attached hydrogen (secondary N) is 2. The molecule has 0 aromatic heterocycles. The fraction of sp³-hybridized carbons (Fsp3) is 0.472. The maximum atomic E-state index is 13.2. The van der Waals surface area contributed by atoms with Gasteiger partial charge in [0.1, 0.15) is 18.7 Å². The number of nitrogens with zero attached hydrogens (tertiary/aromatic N) is 1. The molecule has 1 heterocycles. The third-order valence-corrected chi connectivity index (χ3v) is 7.88. The number of ether oxygens (including phenoxy) is 7. The van der Waals surface area contributed by atoms with Gasteiger partial charge < -0.3 is 48.9 Å². The summed E-state index contributed by atoms with van der Waals surface area (Å²) in [5, 5.41) is 26.7. The van der Waals surface area contributed by atoms with Crippen LogP contribution in [0, 0.1) is 16.0 Å². The average molecular weight is 790 g/mol. The molecule has 2 aromatic rings. The highest BCUT2D eigenvalue weighted by Crippen LogP contribution is 2.35. The van der Waals surface area contributed by atoms with Crippen LogP contribution in [0.2, 0.25) is 0 Å². The molecule has 0 radical (unpaired) electrons. The molecule has 2 amide bonds. The Morgan fingerprint density at radius 2 is 1.45 bits per heavy atom. The predicted molar refractivity (Wildman–Crippen MR) is 187 cm³/mol. The van der Waals surface area contributed by atoms with E-state index in [4.69, 9.17) is 33.2 Å². The van der Waals surface area contributed by atoms with E-state index >= 15 is 0 Å². The largest absolute Gasteiger partial charge is 0.480 e. The summed E-state index contributed by atoms with van der Waals surface area (Å²) >= 11 is 0. The van der Waals surface area contributed by atoms with Crippen LogP contribution in [0.15, 0.2) is 48.5 Å². The molecular weight excluding hydrogens is 746 g/mol. The Kier molecular flexibility index (Phi) is 16.1. The molecule has 0 bridgehead atoms. The van der Waals surface area contributed by atoms with Gasteiger partial charge in [0.15, 0.2) is 24.1 Å². The number of amides is 2. The number of rotatable bonds is 17. The maximum Gasteiger partial charge on any atom is 0.408 e. The van der Waals surface area contributed by atoms with Crippen molar-refractivity contribution >= 4 is 47.5 Å². The third-order valence-electron chi connectivity index (χ3n) is 7.88. The van der Waals surface area contributed by atoms with E-state index in [0.717, 1.165) is 40.0 Å². The maximum absolute atomic E-state index is 13.2. The lowest BCUT2D eigenvalue weighted by Crippen LogP contribution is -2.64. The summed E-state index contributed by atoms with van der Waals surface area (Å²) in [4.78, 5) is 98.2. The van der Waals surface area contributed by atoms with E-state index < -0.39 is 108 Å². The summed E-state index contributed by atoms with van der Waals surface area (Å²) in [5.41, 5.74) is -0.0113. The highest BCUT2D eigenvalue weighted by molar-refractivity contribution is 5.89. The lowest BCUT2D eigenvalue weighted by molar-refractivity contribution is -0.387. The van der Waals surface area contributed by atoms with E-state index in [1.165, 1.54) is 6.07 Å². The Hall–Kier alpha value is -6.31. The number of aliphatic carboxylic acids is 1. The first kappa shape index (κ1) is 44.1. The number of benzene rings is 2. The smallest absolute Gasteiger partial charge is 0.408 e. The van der Waals surface area contributed by atoms with E-state index in [2.05, 4.69) is 10.6 Å². The second-order valence-corrected chi connectivity index (χ2v) is 12.8. The summed E-state index contributed by atoms with van der Waals surface area (Å²) in [6, 6.07) is 9.42. The van der Waals surface area contributed by atoms with Crippen LogP contribution in [-0.4, -0.2) is 102 Å². The molecule has 0 unspecified atom stereocenters. The first-order chi connectivity index (χ1) is 26.4. The molecule has 1 saturated heterocycles. The van der Waals surface area contributed by atoms with Gasteiger partial charge in [-0.3, -0.25) is 29.3 Å². The Morgan fingerprint density at radius 3 is 2.00 bits per heavy atom. The van der Waals surface area contributed by atoms with Crippen molar-refractivity contribution in [2.24, 2.45) is 5.92 Å². The van der Waals surface area contributed by atoms with Crippen LogP contribution < -0.4 is 15.4 Å². The number of esters is 4. The Bertz CT molecular complexity index is 1770. The van der Waals surface area contributed by atoms with Gasteiger partial charge in [-0.25, -0.2) is 14.4 Å². The van der Waals surface area contributed by atoms with Crippen molar-refractivity contribution in [3.8, 4) is 5.75 Å². The number of carbonyl (C=O) groups is 7. The second kappa shape index (κ2) is 20.4. The van der Waals surface area contributed by atoms with Crippen LogP contribution in [0.4, 0.5) is 10.5 Å². The second-order valence-electron chi connectivity index (χ2n) is 12.8. The van der Waals surface area contributed by atoms with Crippen LogP contribution in [-0.2, 0) is 70.2 Å². The van der Waals surface area contributed by atoms with Gasteiger partial charge in [-0.15, -0.1) is 0 Å². The number of carbonyl (C=O) groups excluding carboxylic acids is 6. The lowest BCUT2D eigenvalue weighted by Gasteiger charge is -2.42. The molecular formula is C36H43N3O17. The SMILES string of the molecule is COC(=O)[C@H]1O[C@@H](Oc2ccc(COC(=O)N[C@@H](Cc3ccccc3)C(=O)N[C@@H](CC(C)C)C(=O)O)cc2[N+](=O)[O-])[C@H](OC(C)=O)[C@@H](OC(C)=O)[C@@H]1OC(C)=O. The zero-order valence-electron chi connectivity index (χ0n) is 31.3. The first-order valence-corrected chi connectivity index (χ1v) is 17.1. The molecule has 0 saturated carbocycles. The molecule has 20 nitrogen and oxygen atoms in total. The number of nitro groups is 1. The topological polar surface area (TPSA) is 272 Å². The zero-order valence-corrected chi connectivity index (χ0v) is 31.3. The molecule has 2 aromatic carbocycles. The van der Waals surface area contributed by atoms with E-state index in [1.54, 1.807) is 44.2 Å². The fourth-order valence-electron chi connectivity index (χ4n) is 5.55. The van der Waals surface area contributed by atoms with Crippen LogP contribution in [0.1, 0.15) is 52.2 Å². The van der Waals surface area contributed by atoms with Crippen LogP contribution in [0.3, 0.4) is 0 Å². The van der Waals surface area contributed by atoms with Crippen LogP contribution in [0.25, 0.3) is 0 Å². The molecule has 0 aliphatic carbocycles. The van der Waals surface area contributed by atoms with E-state index in [-0.39, 0.29) is 24.3 Å². The number of carboxylic acids is 1. The molecule has 7 atom stereocenters. The number of hydrogen-bond donors (Lipinski definition) is 3. The molecule has 1 aliphatic rings. The van der Waals surface area contributed by atoms with Gasteiger partial charge in [0, 0.05) is 33.3 Å². The fourth-order valence-corrected chi connectivity index (χ4v) is 5.55. The summed E-state index contributed by atoms with van der Waals surface area (Å²) in [6.45, 7) is 5.98. The van der Waals surface area contributed by atoms with Crippen molar-refractivity contribution in [2.75, 3.05) is 7.11 Å². The van der Waals surface area contributed by atoms with E-state index in [0.29, 0.717) is 5.56 Å². The van der Waals surface area contributed by atoms with Crippen molar-refractivity contribution in [3.05, 3.63) is 69.8 Å². The summed E-state index contributed by atoms with van der Waals surface area (Å²) in [7, 11) is 0.984. The minimum Gasteiger partial charge on any atom is -0.480 e. The summed E-state index contributed by atoms with van der Waals surface area (Å²) < 4.78 is 37.2. The lowest BCUT2D eigenvalue weighted by atomic mass is 9.97. The molecule has 304 valence electrons. The van der Waals surface area contributed by atoms with Crippen LogP contribution >= 0.6 is 0 Å². The number of alkyl carbamates (subject to hydrolysis) is 1. The standard InChI is InChI=1S/C36H43N3O17/c1-18(2)14-25(33(44)45)37-32(43)24(15-22-10-8-7-9-11-22)38-36(47)51-17-23-12-13-27(26(16-23)39(48)49)55-35-31(54-21(5)42)29(53-20(4)41)28(52-19(3)40)30(56-35)34(46)50-6/h7-13,16,18,24-25,28-31,35H,14-15,17H2,1-6H3,(H,37,43)(H,38,47)(H,44,45)/t24-,25-,28-,29-,30-,31+,35+/m0/s1. The van der Waals surface area contributed by atoms with Crippen molar-refractivity contribution in [3.63, 3.8) is 0 Å². The Morgan fingerprint density at radius 1 is 0.839 bits per heavy atom. The van der Waals surface area contributed by atoms with Gasteiger partial charge in [0.05, 0.1) is 12.0 Å². The molecule has 56 heavy (non-hydrogen) atoms. The van der Waals surface area contributed by atoms with Gasteiger partial charge in [-0.2, -0.15) is 0 Å². The van der Waals surface area contributed by atoms with Gasteiger partial charge in [-0.05, 0) is 29.5 Å². The van der Waals surface area contributed by atoms with Crippen molar-refractivity contribution < 1.29 is 76.7 Å². The van der Waals surface area contributed by atoms with Crippen LogP contribution in [0.5, 0.6) is 5.75 Å². The summed E-state index contributed by atoms with van der Waals surface area (Å²) in [5.74, 6) is -6.56. The molecule has 3 rings (SSSR count). The summed E-state index contributed by atoms with van der Waals surface area (Å²) in [6.07, 6.45) is -9.88. The van der Waals surface area contributed by atoms with Gasteiger partial charge in [-0.1, -0.05) is 50.2 Å². The minimum absolute atomic E-state index is 0.0261. The van der Waals surface area contributed by atoms with E-state index in [9.17, 15) is 48.8 Å². The molecule has 1 aliphatic heterocycles. The number of methoxy groups -OCH3 is 1. The van der Waals surface area contributed by atoms with Gasteiger partial charge >= 0.3 is 41.6 Å². The minimum atomic E-state index is -1.89. The molecule has 20 heteroatoms. The van der Waals surface area contributed by atoms with Crippen molar-refractivity contribution in [2.45, 2.75) is 96.9 Å². The monoisotopic (exact) mass is 789 g/mol. The third kappa shape index (κ3) is 12.9.